The molecule has 0 aliphatic carbocycles. The number of rotatable bonds is 6. The van der Waals surface area contributed by atoms with Crippen molar-refractivity contribution in [3.8, 4) is 0 Å². The van der Waals surface area contributed by atoms with Crippen LogP contribution in [0.3, 0.4) is 0 Å². The van der Waals surface area contributed by atoms with Gasteiger partial charge in [0.1, 0.15) is 0 Å². The van der Waals surface area contributed by atoms with E-state index in [1.165, 1.54) is 16.7 Å². The van der Waals surface area contributed by atoms with Gasteiger partial charge in [-0.05, 0) is 29.0 Å². The van der Waals surface area contributed by atoms with E-state index in [4.69, 9.17) is 0 Å². The van der Waals surface area contributed by atoms with E-state index < -0.39 is 0 Å². The van der Waals surface area contributed by atoms with Crippen molar-refractivity contribution in [1.82, 2.24) is 9.55 Å². The molecule has 0 aliphatic heterocycles. The maximum atomic E-state index is 9.75. The molecule has 1 unspecified atom stereocenters. The largest absolute Gasteiger partial charge is 0.390 e. The fourth-order valence-electron chi connectivity index (χ4n) is 3.14. The minimum absolute atomic E-state index is 0.00892. The van der Waals surface area contributed by atoms with E-state index in [9.17, 15) is 5.11 Å². The molecular formula is C23H28N2OS. The first-order chi connectivity index (χ1) is 12.9. The Hall–Kier alpha value is -2.04. The van der Waals surface area contributed by atoms with Crippen LogP contribution in [0.25, 0.3) is 0 Å². The first-order valence-corrected chi connectivity index (χ1v) is 10.3. The molecule has 0 saturated carbocycles. The van der Waals surface area contributed by atoms with Gasteiger partial charge in [0.05, 0.1) is 24.5 Å². The van der Waals surface area contributed by atoms with Crippen LogP contribution in [0.4, 0.5) is 0 Å². The van der Waals surface area contributed by atoms with Gasteiger partial charge in [0, 0.05) is 5.75 Å². The lowest BCUT2D eigenvalue weighted by Crippen LogP contribution is -2.12. The molecule has 0 bridgehead atoms. The van der Waals surface area contributed by atoms with Gasteiger partial charge in [-0.3, -0.25) is 0 Å². The van der Waals surface area contributed by atoms with Crippen molar-refractivity contribution in [2.75, 3.05) is 0 Å². The van der Waals surface area contributed by atoms with E-state index in [1.807, 2.05) is 18.2 Å². The number of aliphatic hydroxyl groups is 1. The topological polar surface area (TPSA) is 38.0 Å². The lowest BCUT2D eigenvalue weighted by atomic mass is 9.87. The van der Waals surface area contributed by atoms with Crippen LogP contribution in [-0.2, 0) is 17.8 Å². The van der Waals surface area contributed by atoms with Crippen LogP contribution in [0, 0.1) is 0 Å². The Bertz CT molecular complexity index is 864. The molecule has 0 radical (unpaired) electrons. The van der Waals surface area contributed by atoms with Crippen molar-refractivity contribution >= 4 is 11.8 Å². The second kappa shape index (κ2) is 8.32. The van der Waals surface area contributed by atoms with Crippen LogP contribution in [0.1, 0.15) is 56.1 Å². The summed E-state index contributed by atoms with van der Waals surface area (Å²) in [6, 6.07) is 19.3. The van der Waals surface area contributed by atoms with Crippen molar-refractivity contribution in [3.63, 3.8) is 0 Å². The number of aliphatic hydroxyl groups excluding tert-OH is 1. The molecule has 0 amide bonds. The molecule has 4 heteroatoms. The van der Waals surface area contributed by atoms with Gasteiger partial charge in [0.15, 0.2) is 5.16 Å². The molecule has 0 aliphatic rings. The number of thioether (sulfide) groups is 1. The highest BCUT2D eigenvalue weighted by Gasteiger charge is 2.17. The summed E-state index contributed by atoms with van der Waals surface area (Å²) in [4.78, 5) is 4.57. The third-order valence-electron chi connectivity index (χ3n) is 4.86. The first-order valence-electron chi connectivity index (χ1n) is 9.34. The zero-order valence-electron chi connectivity index (χ0n) is 16.5. The van der Waals surface area contributed by atoms with Crippen LogP contribution in [0.2, 0.25) is 0 Å². The molecule has 1 N–H and O–H groups in total. The third-order valence-corrected chi connectivity index (χ3v) is 5.90. The molecule has 1 aromatic heterocycles. The molecule has 142 valence electrons. The smallest absolute Gasteiger partial charge is 0.169 e. The van der Waals surface area contributed by atoms with Crippen LogP contribution < -0.4 is 0 Å². The van der Waals surface area contributed by atoms with Crippen molar-refractivity contribution < 1.29 is 5.11 Å². The number of hydrogen-bond donors (Lipinski definition) is 1. The van der Waals surface area contributed by atoms with E-state index >= 15 is 0 Å². The molecule has 2 aromatic carbocycles. The van der Waals surface area contributed by atoms with Crippen molar-refractivity contribution in [2.45, 2.75) is 56.7 Å². The Morgan fingerprint density at radius 1 is 1.04 bits per heavy atom. The molecule has 1 heterocycles. The van der Waals surface area contributed by atoms with E-state index in [0.29, 0.717) is 0 Å². The highest BCUT2D eigenvalue weighted by molar-refractivity contribution is 7.98. The lowest BCUT2D eigenvalue weighted by molar-refractivity contribution is 0.267. The zero-order valence-corrected chi connectivity index (χ0v) is 17.3. The van der Waals surface area contributed by atoms with Gasteiger partial charge in [-0.15, -0.1) is 0 Å². The number of nitrogens with zero attached hydrogens (tertiary/aromatic N) is 2. The summed E-state index contributed by atoms with van der Waals surface area (Å²) in [5, 5.41) is 10.7. The van der Waals surface area contributed by atoms with Crippen LogP contribution in [0.15, 0.2) is 66.0 Å². The summed E-state index contributed by atoms with van der Waals surface area (Å²) in [7, 11) is 0. The standard InChI is InChI=1S/C23H28N2OS/c1-17(19-8-6-5-7-9-19)25-21(15-26)14-24-22(25)27-16-18-10-12-20(13-11-18)23(2,3)4/h5-14,17,26H,15-16H2,1-4H3. The normalized spacial score (nSPS) is 12.9. The zero-order chi connectivity index (χ0) is 19.4. The Labute approximate surface area is 166 Å². The Balaban J connectivity index is 1.79. The summed E-state index contributed by atoms with van der Waals surface area (Å²) in [5.41, 5.74) is 4.85. The minimum Gasteiger partial charge on any atom is -0.390 e. The molecule has 3 aromatic rings. The van der Waals surface area contributed by atoms with Gasteiger partial charge in [0.25, 0.3) is 0 Å². The van der Waals surface area contributed by atoms with E-state index in [2.05, 4.69) is 73.6 Å². The molecule has 3 nitrogen and oxygen atoms in total. The summed E-state index contributed by atoms with van der Waals surface area (Å²) >= 11 is 1.71. The molecule has 27 heavy (non-hydrogen) atoms. The summed E-state index contributed by atoms with van der Waals surface area (Å²) in [6.45, 7) is 8.84. The second-order valence-corrected chi connectivity index (χ2v) is 8.82. The number of benzene rings is 2. The highest BCUT2D eigenvalue weighted by atomic mass is 32.2. The minimum atomic E-state index is -0.00892. The lowest BCUT2D eigenvalue weighted by Gasteiger charge is -2.20. The quantitative estimate of drug-likeness (QED) is 0.568. The summed E-state index contributed by atoms with van der Waals surface area (Å²) < 4.78 is 2.14. The van der Waals surface area contributed by atoms with Gasteiger partial charge in [-0.2, -0.15) is 0 Å². The molecule has 0 saturated heterocycles. The molecule has 1 atom stereocenters. The predicted octanol–water partition coefficient (Wildman–Crippen LogP) is 5.57. The Kier molecular flexibility index (Phi) is 6.08. The first kappa shape index (κ1) is 19.7. The molecule has 0 spiro atoms. The third kappa shape index (κ3) is 4.63. The summed E-state index contributed by atoms with van der Waals surface area (Å²) in [5.74, 6) is 0.855. The van der Waals surface area contributed by atoms with Crippen LogP contribution in [0.5, 0.6) is 0 Å². The number of aromatic nitrogens is 2. The highest BCUT2D eigenvalue weighted by Crippen LogP contribution is 2.30. The number of imidazole rings is 1. The molecule has 0 fully saturated rings. The van der Waals surface area contributed by atoms with Crippen molar-refractivity contribution in [2.24, 2.45) is 0 Å². The van der Waals surface area contributed by atoms with Gasteiger partial charge in [-0.25, -0.2) is 4.98 Å². The van der Waals surface area contributed by atoms with E-state index in [0.717, 1.165) is 16.6 Å². The monoisotopic (exact) mass is 380 g/mol. The van der Waals surface area contributed by atoms with Gasteiger partial charge >= 0.3 is 0 Å². The molecular weight excluding hydrogens is 352 g/mol. The van der Waals surface area contributed by atoms with Crippen molar-refractivity contribution in [1.29, 1.82) is 0 Å². The van der Waals surface area contributed by atoms with Crippen LogP contribution in [-0.4, -0.2) is 14.7 Å². The fourth-order valence-corrected chi connectivity index (χ4v) is 4.17. The van der Waals surface area contributed by atoms with Gasteiger partial charge < -0.3 is 9.67 Å². The predicted molar refractivity (Wildman–Crippen MR) is 113 cm³/mol. The maximum Gasteiger partial charge on any atom is 0.169 e. The average Bonchev–Trinajstić information content (AvgIpc) is 3.09. The van der Waals surface area contributed by atoms with Gasteiger partial charge in [-0.1, -0.05) is 87.1 Å². The second-order valence-electron chi connectivity index (χ2n) is 7.88. The van der Waals surface area contributed by atoms with Crippen LogP contribution >= 0.6 is 11.8 Å². The Morgan fingerprint density at radius 2 is 1.70 bits per heavy atom. The molecule has 3 rings (SSSR count). The summed E-state index contributed by atoms with van der Waals surface area (Å²) in [6.07, 6.45) is 1.78. The van der Waals surface area contributed by atoms with Crippen molar-refractivity contribution in [3.05, 3.63) is 83.2 Å². The SMILES string of the molecule is CC(c1ccccc1)n1c(CO)cnc1SCc1ccc(C(C)(C)C)cc1. The van der Waals surface area contributed by atoms with E-state index in [-0.39, 0.29) is 18.1 Å². The van der Waals surface area contributed by atoms with Gasteiger partial charge in [0.2, 0.25) is 0 Å². The average molecular weight is 381 g/mol. The van der Waals surface area contributed by atoms with E-state index in [1.54, 1.807) is 18.0 Å². The maximum absolute atomic E-state index is 9.75. The fraction of sp³-hybridized carbons (Fsp3) is 0.348. The number of hydrogen-bond acceptors (Lipinski definition) is 3. The Morgan fingerprint density at radius 3 is 2.30 bits per heavy atom.